The van der Waals surface area contributed by atoms with E-state index in [-0.39, 0.29) is 5.75 Å². The van der Waals surface area contributed by atoms with Gasteiger partial charge in [-0.15, -0.1) is 0 Å². The van der Waals surface area contributed by atoms with Crippen LogP contribution in [0.15, 0.2) is 67.9 Å². The molecule has 2 aromatic rings. The first-order chi connectivity index (χ1) is 11.3. The van der Waals surface area contributed by atoms with E-state index in [2.05, 4.69) is 20.5 Å². The molecule has 0 amide bonds. The van der Waals surface area contributed by atoms with Crippen LogP contribution in [0.25, 0.3) is 6.08 Å². The van der Waals surface area contributed by atoms with Gasteiger partial charge in [0.05, 0.1) is 23.9 Å². The van der Waals surface area contributed by atoms with Crippen LogP contribution in [0.2, 0.25) is 0 Å². The summed E-state index contributed by atoms with van der Waals surface area (Å²) in [5, 5.41) is 13.9. The van der Waals surface area contributed by atoms with Crippen LogP contribution in [-0.2, 0) is 0 Å². The highest BCUT2D eigenvalue weighted by molar-refractivity contribution is 6.14. The third-order valence-corrected chi connectivity index (χ3v) is 3.23. The second kappa shape index (κ2) is 6.74. The Hall–Kier alpha value is -3.15. The first kappa shape index (κ1) is 14.8. The van der Waals surface area contributed by atoms with E-state index in [0.717, 1.165) is 12.1 Å². The van der Waals surface area contributed by atoms with Crippen LogP contribution in [0.1, 0.15) is 24.7 Å². The smallest absolute Gasteiger partial charge is 0.244 e. The molecule has 1 aliphatic rings. The highest BCUT2D eigenvalue weighted by Crippen LogP contribution is 2.22. The molecule has 0 saturated heterocycles. The monoisotopic (exact) mass is 308 g/mol. The second-order valence-corrected chi connectivity index (χ2v) is 4.82. The molecule has 1 aliphatic heterocycles. The van der Waals surface area contributed by atoms with Gasteiger partial charge in [-0.25, -0.2) is 15.4 Å². The summed E-state index contributed by atoms with van der Waals surface area (Å²) >= 11 is 0. The minimum Gasteiger partial charge on any atom is -0.507 e. The van der Waals surface area contributed by atoms with Crippen LogP contribution >= 0.6 is 0 Å². The third-order valence-electron chi connectivity index (χ3n) is 3.23. The van der Waals surface area contributed by atoms with Gasteiger partial charge in [0.1, 0.15) is 11.5 Å². The van der Waals surface area contributed by atoms with E-state index < -0.39 is 0 Å². The zero-order chi connectivity index (χ0) is 16.1. The Morgan fingerprint density at radius 2 is 2.09 bits per heavy atom. The summed E-state index contributed by atoms with van der Waals surface area (Å²) in [5.74, 6) is 1.26. The lowest BCUT2D eigenvalue weighted by molar-refractivity contribution is 0.474. The van der Waals surface area contributed by atoms with Crippen molar-refractivity contribution in [1.82, 2.24) is 5.43 Å². The van der Waals surface area contributed by atoms with Crippen molar-refractivity contribution in [1.29, 1.82) is 0 Å². The highest BCUT2D eigenvalue weighted by Gasteiger charge is 2.15. The molecule has 1 aromatic heterocycles. The van der Waals surface area contributed by atoms with Crippen LogP contribution in [0.4, 0.5) is 0 Å². The Labute approximate surface area is 133 Å². The summed E-state index contributed by atoms with van der Waals surface area (Å²) in [4.78, 5) is 8.80. The van der Waals surface area contributed by atoms with Gasteiger partial charge in [0, 0.05) is 5.56 Å². The average molecular weight is 308 g/mol. The summed E-state index contributed by atoms with van der Waals surface area (Å²) in [5.41, 5.74) is 5.03. The Kier molecular flexibility index (Phi) is 4.33. The van der Waals surface area contributed by atoms with E-state index in [0.29, 0.717) is 23.0 Å². The van der Waals surface area contributed by atoms with E-state index in [1.165, 1.54) is 0 Å². The number of hydrogen-bond acceptors (Lipinski definition) is 6. The molecule has 3 rings (SSSR count). The highest BCUT2D eigenvalue weighted by atomic mass is 16.3. The first-order valence-corrected chi connectivity index (χ1v) is 7.25. The largest absolute Gasteiger partial charge is 0.507 e. The molecular weight excluding hydrogens is 292 g/mol. The molecule has 0 saturated carbocycles. The van der Waals surface area contributed by atoms with Crippen LogP contribution in [0, 0.1) is 0 Å². The lowest BCUT2D eigenvalue weighted by Crippen LogP contribution is -2.13. The van der Waals surface area contributed by atoms with Crippen molar-refractivity contribution < 1.29 is 9.52 Å². The fourth-order valence-corrected chi connectivity index (χ4v) is 2.09. The Morgan fingerprint density at radius 1 is 1.22 bits per heavy atom. The van der Waals surface area contributed by atoms with E-state index in [1.807, 2.05) is 25.1 Å². The van der Waals surface area contributed by atoms with Crippen molar-refractivity contribution in [3.63, 3.8) is 0 Å². The molecule has 0 aliphatic carbocycles. The number of para-hydroxylation sites is 1. The zero-order valence-electron chi connectivity index (χ0n) is 12.6. The number of aliphatic imine (C=N–C) groups is 2. The summed E-state index contributed by atoms with van der Waals surface area (Å²) in [6.07, 6.45) is 5.67. The predicted octanol–water partition coefficient (Wildman–Crippen LogP) is 3.17. The number of furan rings is 1. The Bertz CT molecular complexity index is 802. The number of hydrazone groups is 1. The molecule has 6 nitrogen and oxygen atoms in total. The van der Waals surface area contributed by atoms with Crippen molar-refractivity contribution in [2.75, 3.05) is 0 Å². The molecule has 116 valence electrons. The molecule has 0 atom stereocenters. The van der Waals surface area contributed by atoms with Gasteiger partial charge in [-0.1, -0.05) is 25.1 Å². The lowest BCUT2D eigenvalue weighted by Gasteiger charge is -2.00. The molecule has 23 heavy (non-hydrogen) atoms. The number of phenolic OH excluding ortho intramolecular Hbond substituents is 1. The van der Waals surface area contributed by atoms with Gasteiger partial charge < -0.3 is 9.52 Å². The van der Waals surface area contributed by atoms with Crippen LogP contribution in [0.3, 0.4) is 0 Å². The van der Waals surface area contributed by atoms with Gasteiger partial charge in [0.2, 0.25) is 5.96 Å². The van der Waals surface area contributed by atoms with Gasteiger partial charge in [-0.2, -0.15) is 5.10 Å². The van der Waals surface area contributed by atoms with Gasteiger partial charge >= 0.3 is 0 Å². The third kappa shape index (κ3) is 3.55. The first-order valence-electron chi connectivity index (χ1n) is 7.25. The van der Waals surface area contributed by atoms with Crippen molar-refractivity contribution in [3.05, 3.63) is 59.7 Å². The molecule has 1 aromatic carbocycles. The maximum Gasteiger partial charge on any atom is 0.244 e. The Morgan fingerprint density at radius 3 is 2.83 bits per heavy atom. The van der Waals surface area contributed by atoms with E-state index in [1.54, 1.807) is 36.7 Å². The number of phenols is 1. The molecule has 0 fully saturated rings. The molecule has 6 heteroatoms. The summed E-state index contributed by atoms with van der Waals surface area (Å²) in [6.45, 7) is 2.00. The van der Waals surface area contributed by atoms with Crippen molar-refractivity contribution >= 4 is 24.0 Å². The summed E-state index contributed by atoms with van der Waals surface area (Å²) < 4.78 is 5.15. The molecule has 0 unspecified atom stereocenters. The van der Waals surface area contributed by atoms with Gasteiger partial charge in [-0.3, -0.25) is 0 Å². The lowest BCUT2D eigenvalue weighted by atomic mass is 10.1. The molecule has 0 bridgehead atoms. The number of benzene rings is 1. The molecule has 0 spiro atoms. The second-order valence-electron chi connectivity index (χ2n) is 4.82. The Balaban J connectivity index is 1.78. The zero-order valence-corrected chi connectivity index (χ0v) is 12.6. The minimum absolute atomic E-state index is 0.211. The van der Waals surface area contributed by atoms with Gasteiger partial charge in [0.25, 0.3) is 0 Å². The van der Waals surface area contributed by atoms with Crippen LogP contribution < -0.4 is 5.43 Å². The number of nitrogens with zero attached hydrogens (tertiary/aromatic N) is 3. The molecular formula is C17H16N4O2. The number of aromatic hydroxyl groups is 1. The number of guanidine groups is 1. The number of nitrogens with one attached hydrogen (secondary N) is 1. The maximum atomic E-state index is 9.86. The quantitative estimate of drug-likeness (QED) is 0.672. The fraction of sp³-hybridized carbons (Fsp3) is 0.118. The molecule has 2 heterocycles. The van der Waals surface area contributed by atoms with Crippen molar-refractivity contribution in [2.24, 2.45) is 15.1 Å². The van der Waals surface area contributed by atoms with Crippen molar-refractivity contribution in [2.45, 2.75) is 13.3 Å². The molecule has 2 N–H and O–H groups in total. The maximum absolute atomic E-state index is 9.86. The number of allylic oxidation sites excluding steroid dienone is 1. The topological polar surface area (TPSA) is 82.5 Å². The van der Waals surface area contributed by atoms with Gasteiger partial charge in [0.15, 0.2) is 0 Å². The van der Waals surface area contributed by atoms with Crippen molar-refractivity contribution in [3.8, 4) is 5.75 Å². The SMILES string of the molecule is CCC1=NC(N/N=C/c2ccco2)=N/C1=C/c1ccccc1O. The number of rotatable bonds is 4. The van der Waals surface area contributed by atoms with E-state index in [9.17, 15) is 5.11 Å². The average Bonchev–Trinajstić information content (AvgIpc) is 3.19. The predicted molar refractivity (Wildman–Crippen MR) is 90.7 cm³/mol. The summed E-state index contributed by atoms with van der Waals surface area (Å²) in [6, 6.07) is 10.7. The fourth-order valence-electron chi connectivity index (χ4n) is 2.09. The standard InChI is InChI=1S/C17H16N4O2/c1-2-14-15(10-12-6-3-4-8-16(12)22)20-17(19-14)21-18-11-13-7-5-9-23-13/h3-11,22H,2H2,1H3,(H,20,21)/b15-10+,18-11+. The minimum atomic E-state index is 0.211. The van der Waals surface area contributed by atoms with E-state index in [4.69, 9.17) is 4.42 Å². The number of hydrogen-bond donors (Lipinski definition) is 2. The summed E-state index contributed by atoms with van der Waals surface area (Å²) in [7, 11) is 0. The van der Waals surface area contributed by atoms with Crippen LogP contribution in [0.5, 0.6) is 5.75 Å². The molecule has 0 radical (unpaired) electrons. The normalized spacial score (nSPS) is 16.0. The van der Waals surface area contributed by atoms with Gasteiger partial charge in [-0.05, 0) is 30.7 Å². The van der Waals surface area contributed by atoms with Crippen LogP contribution in [-0.4, -0.2) is 23.0 Å². The van der Waals surface area contributed by atoms with E-state index >= 15 is 0 Å².